The van der Waals surface area contributed by atoms with Crippen molar-refractivity contribution in [1.29, 1.82) is 0 Å². The average molecular weight is 412 g/mol. The van der Waals surface area contributed by atoms with Crippen LogP contribution in [-0.2, 0) is 4.74 Å². The standard InChI is InChI=1S/C21H30N8O/c1-3-30-13-11-24-18-17(15(2)22)27-20(29-12-10-25-21(14-29)7-8-21)28-19(18)26-16-6-4-5-9-23-16/h4-6,9,22,24-25H,3,7-8,10-14H2,1-2H3,(H,23,26,27,28)/p+1. The molecule has 0 atom stereocenters. The lowest BCUT2D eigenvalue weighted by Crippen LogP contribution is -2.53. The molecular formula is C21H31N8O+. The summed E-state index contributed by atoms with van der Waals surface area (Å²) in [4.78, 5) is 16.4. The maximum Gasteiger partial charge on any atom is 0.228 e. The minimum Gasteiger partial charge on any atom is -0.380 e. The molecule has 9 heteroatoms. The first kappa shape index (κ1) is 20.5. The van der Waals surface area contributed by atoms with E-state index < -0.39 is 0 Å². The van der Waals surface area contributed by atoms with E-state index in [0.717, 1.165) is 31.1 Å². The van der Waals surface area contributed by atoms with Crippen LogP contribution in [-0.4, -0.2) is 65.6 Å². The topological polar surface area (TPSA) is 113 Å². The second kappa shape index (κ2) is 8.93. The highest BCUT2D eigenvalue weighted by Crippen LogP contribution is 2.39. The van der Waals surface area contributed by atoms with E-state index in [4.69, 9.17) is 20.1 Å². The van der Waals surface area contributed by atoms with Gasteiger partial charge in [0.05, 0.1) is 6.61 Å². The Hall–Kier alpha value is -2.78. The molecule has 0 aromatic carbocycles. The predicted molar refractivity (Wildman–Crippen MR) is 118 cm³/mol. The number of aromatic nitrogens is 3. The van der Waals surface area contributed by atoms with Crippen molar-refractivity contribution >= 4 is 29.0 Å². The summed E-state index contributed by atoms with van der Waals surface area (Å²) in [5.74, 6) is 2.07. The third-order valence-corrected chi connectivity index (χ3v) is 5.45. The third kappa shape index (κ3) is 4.68. The maximum atomic E-state index is 6.25. The first-order valence-electron chi connectivity index (χ1n) is 10.6. The normalized spacial score (nSPS) is 17.1. The molecule has 4 rings (SSSR count). The first-order valence-corrected chi connectivity index (χ1v) is 10.6. The zero-order valence-corrected chi connectivity index (χ0v) is 17.7. The van der Waals surface area contributed by atoms with Gasteiger partial charge in [-0.15, -0.1) is 0 Å². The molecule has 0 amide bonds. The van der Waals surface area contributed by atoms with E-state index in [0.29, 0.717) is 42.9 Å². The Morgan fingerprint density at radius 1 is 1.33 bits per heavy atom. The summed E-state index contributed by atoms with van der Waals surface area (Å²) in [7, 11) is 0. The number of anilines is 4. The van der Waals surface area contributed by atoms with Crippen LogP contribution in [0, 0.1) is 0 Å². The van der Waals surface area contributed by atoms with Gasteiger partial charge in [-0.1, -0.05) is 6.07 Å². The van der Waals surface area contributed by atoms with Gasteiger partial charge in [0.2, 0.25) is 5.95 Å². The molecule has 1 aliphatic heterocycles. The molecule has 2 aromatic rings. The smallest absolute Gasteiger partial charge is 0.228 e. The zero-order chi connectivity index (χ0) is 21.0. The lowest BCUT2D eigenvalue weighted by Gasteiger charge is -2.34. The minimum atomic E-state index is 0.228. The van der Waals surface area contributed by atoms with Crippen LogP contribution in [0.5, 0.6) is 0 Å². The van der Waals surface area contributed by atoms with Crippen molar-refractivity contribution in [2.75, 3.05) is 54.9 Å². The molecule has 0 bridgehead atoms. The molecule has 5 N–H and O–H groups in total. The van der Waals surface area contributed by atoms with Crippen LogP contribution in [0.15, 0.2) is 24.4 Å². The van der Waals surface area contributed by atoms with E-state index in [9.17, 15) is 0 Å². The molecule has 2 aliphatic rings. The number of nitrogens with zero attached hydrogens (tertiary/aromatic N) is 4. The second-order valence-corrected chi connectivity index (χ2v) is 7.87. The Morgan fingerprint density at radius 3 is 2.90 bits per heavy atom. The van der Waals surface area contributed by atoms with Crippen molar-refractivity contribution in [3.63, 3.8) is 0 Å². The summed E-state index contributed by atoms with van der Waals surface area (Å²) in [6.07, 6.45) is 4.16. The van der Waals surface area contributed by atoms with Gasteiger partial charge in [-0.3, -0.25) is 5.41 Å². The number of rotatable bonds is 9. The highest BCUT2D eigenvalue weighted by Gasteiger charge is 2.46. The molecule has 1 saturated carbocycles. The van der Waals surface area contributed by atoms with E-state index in [1.807, 2.05) is 32.0 Å². The van der Waals surface area contributed by atoms with Crippen molar-refractivity contribution in [3.05, 3.63) is 30.1 Å². The summed E-state index contributed by atoms with van der Waals surface area (Å²) < 4.78 is 5.47. The van der Waals surface area contributed by atoms with E-state index in [-0.39, 0.29) is 5.54 Å². The lowest BCUT2D eigenvalue weighted by atomic mass is 10.2. The van der Waals surface area contributed by atoms with Gasteiger partial charge in [-0.25, -0.2) is 9.97 Å². The van der Waals surface area contributed by atoms with Gasteiger partial charge in [0.15, 0.2) is 17.2 Å². The van der Waals surface area contributed by atoms with Gasteiger partial charge in [0, 0.05) is 51.4 Å². The Morgan fingerprint density at radius 2 is 2.20 bits per heavy atom. The predicted octanol–water partition coefficient (Wildman–Crippen LogP) is 0.574. The molecular weight excluding hydrogens is 380 g/mol. The summed E-state index contributed by atoms with van der Waals surface area (Å²) >= 11 is 0. The molecule has 3 heterocycles. The number of nitrogens with two attached hydrogens (primary N) is 1. The number of piperazine rings is 1. The van der Waals surface area contributed by atoms with Crippen molar-refractivity contribution < 1.29 is 10.1 Å². The largest absolute Gasteiger partial charge is 0.380 e. The molecule has 1 saturated heterocycles. The fourth-order valence-electron chi connectivity index (χ4n) is 3.70. The van der Waals surface area contributed by atoms with Crippen LogP contribution in [0.1, 0.15) is 32.4 Å². The summed E-state index contributed by atoms with van der Waals surface area (Å²) in [5.41, 5.74) is 2.34. The van der Waals surface area contributed by atoms with Gasteiger partial charge in [0.1, 0.15) is 11.5 Å². The van der Waals surface area contributed by atoms with Gasteiger partial charge in [-0.2, -0.15) is 4.98 Å². The number of hydrogen-bond donors (Lipinski definition) is 4. The Balaban J connectivity index is 1.68. The minimum absolute atomic E-state index is 0.228. The van der Waals surface area contributed by atoms with Gasteiger partial charge in [0.25, 0.3) is 0 Å². The fraction of sp³-hybridized carbons (Fsp3) is 0.524. The van der Waals surface area contributed by atoms with Crippen LogP contribution in [0.25, 0.3) is 0 Å². The molecule has 160 valence electrons. The Kier molecular flexibility index (Phi) is 6.10. The van der Waals surface area contributed by atoms with Crippen molar-refractivity contribution in [1.82, 2.24) is 20.3 Å². The number of nitrogens with one attached hydrogen (secondary N) is 3. The Bertz CT molecular complexity index is 884. The van der Waals surface area contributed by atoms with Gasteiger partial charge >= 0.3 is 0 Å². The van der Waals surface area contributed by atoms with Crippen LogP contribution in [0.4, 0.5) is 23.3 Å². The number of ether oxygens (including phenoxy) is 1. The van der Waals surface area contributed by atoms with Crippen LogP contribution < -0.4 is 26.3 Å². The molecule has 2 fully saturated rings. The molecule has 0 radical (unpaired) electrons. The monoisotopic (exact) mass is 411 g/mol. The molecule has 0 unspecified atom stereocenters. The van der Waals surface area contributed by atoms with E-state index in [1.54, 1.807) is 6.20 Å². The van der Waals surface area contributed by atoms with E-state index >= 15 is 0 Å². The first-order chi connectivity index (χ1) is 14.6. The van der Waals surface area contributed by atoms with E-state index in [1.165, 1.54) is 12.8 Å². The average Bonchev–Trinajstić information content (AvgIpc) is 3.50. The fourth-order valence-corrected chi connectivity index (χ4v) is 3.70. The lowest BCUT2D eigenvalue weighted by molar-refractivity contribution is -0.113. The summed E-state index contributed by atoms with van der Waals surface area (Å²) in [6, 6.07) is 5.74. The highest BCUT2D eigenvalue weighted by molar-refractivity contribution is 6.00. The van der Waals surface area contributed by atoms with Crippen molar-refractivity contribution in [2.24, 2.45) is 0 Å². The SMILES string of the molecule is CCOCCNc1c(Nc2ccccn2)nc(N2CCNC3(CC3)C2)nc1C(C)=[NH2+]. The van der Waals surface area contributed by atoms with Gasteiger partial charge in [-0.05, 0) is 31.9 Å². The van der Waals surface area contributed by atoms with Crippen LogP contribution in [0.3, 0.4) is 0 Å². The van der Waals surface area contributed by atoms with Crippen molar-refractivity contribution in [3.8, 4) is 0 Å². The molecule has 1 aliphatic carbocycles. The second-order valence-electron chi connectivity index (χ2n) is 7.87. The Labute approximate surface area is 177 Å². The molecule has 30 heavy (non-hydrogen) atoms. The quantitative estimate of drug-likeness (QED) is 0.350. The number of hydrogen-bond acceptors (Lipinski definition) is 8. The van der Waals surface area contributed by atoms with Crippen LogP contribution >= 0.6 is 0 Å². The van der Waals surface area contributed by atoms with Crippen molar-refractivity contribution in [2.45, 2.75) is 32.2 Å². The van der Waals surface area contributed by atoms with Crippen LogP contribution in [0.2, 0.25) is 0 Å². The van der Waals surface area contributed by atoms with Gasteiger partial charge < -0.3 is 25.6 Å². The van der Waals surface area contributed by atoms with E-state index in [2.05, 4.69) is 25.8 Å². The summed E-state index contributed by atoms with van der Waals surface area (Å²) in [6.45, 7) is 8.45. The summed E-state index contributed by atoms with van der Waals surface area (Å²) in [5, 5.41) is 16.6. The molecule has 9 nitrogen and oxygen atoms in total. The molecule has 1 spiro atoms. The highest BCUT2D eigenvalue weighted by atomic mass is 16.5. The third-order valence-electron chi connectivity index (χ3n) is 5.45. The molecule has 2 aromatic heterocycles. The zero-order valence-electron chi connectivity index (χ0n) is 17.7. The number of pyridine rings is 1. The maximum absolute atomic E-state index is 6.25.